The molecule has 0 atom stereocenters. The van der Waals surface area contributed by atoms with Gasteiger partial charge < -0.3 is 10.1 Å². The second-order valence-corrected chi connectivity index (χ2v) is 7.96. The summed E-state index contributed by atoms with van der Waals surface area (Å²) in [6.45, 7) is 0.244. The van der Waals surface area contributed by atoms with Gasteiger partial charge in [-0.3, -0.25) is 9.10 Å². The van der Waals surface area contributed by atoms with Crippen LogP contribution in [0.5, 0.6) is 5.75 Å². The molecule has 0 unspecified atom stereocenters. The van der Waals surface area contributed by atoms with Crippen LogP contribution in [0.3, 0.4) is 0 Å². The second kappa shape index (κ2) is 7.05. The SMILES string of the molecule is COc1ccc(Cl)cc1C(=O)NCCN1c2ccccc2N(C)S1(=O)=O. The van der Waals surface area contributed by atoms with Crippen LogP contribution in [-0.4, -0.2) is 41.6 Å². The van der Waals surface area contributed by atoms with Gasteiger partial charge in [-0.15, -0.1) is 0 Å². The molecule has 1 N–H and O–H groups in total. The summed E-state index contributed by atoms with van der Waals surface area (Å²) in [5.74, 6) is 0.00774. The van der Waals surface area contributed by atoms with Crippen molar-refractivity contribution < 1.29 is 17.9 Å². The van der Waals surface area contributed by atoms with E-state index in [2.05, 4.69) is 5.32 Å². The number of anilines is 2. The summed E-state index contributed by atoms with van der Waals surface area (Å²) in [6.07, 6.45) is 0. The van der Waals surface area contributed by atoms with Gasteiger partial charge in [0.15, 0.2) is 0 Å². The molecule has 0 radical (unpaired) electrons. The van der Waals surface area contributed by atoms with Crippen molar-refractivity contribution in [1.82, 2.24) is 5.32 Å². The fourth-order valence-electron chi connectivity index (χ4n) is 2.80. The molecule has 1 aliphatic rings. The number of nitrogens with zero attached hydrogens (tertiary/aromatic N) is 2. The van der Waals surface area contributed by atoms with Gasteiger partial charge >= 0.3 is 10.2 Å². The van der Waals surface area contributed by atoms with Crippen LogP contribution < -0.4 is 18.7 Å². The lowest BCUT2D eigenvalue weighted by molar-refractivity contribution is 0.0952. The topological polar surface area (TPSA) is 79.0 Å². The number of amides is 1. The summed E-state index contributed by atoms with van der Waals surface area (Å²) < 4.78 is 32.7. The maximum Gasteiger partial charge on any atom is 0.326 e. The first-order chi connectivity index (χ1) is 12.4. The Kier molecular flexibility index (Phi) is 4.97. The summed E-state index contributed by atoms with van der Waals surface area (Å²) in [4.78, 5) is 12.4. The minimum Gasteiger partial charge on any atom is -0.496 e. The first-order valence-corrected chi connectivity index (χ1v) is 9.61. The van der Waals surface area contributed by atoms with Gasteiger partial charge in [0.05, 0.1) is 30.6 Å². The molecule has 0 aliphatic carbocycles. The van der Waals surface area contributed by atoms with E-state index in [1.54, 1.807) is 36.4 Å². The van der Waals surface area contributed by atoms with Gasteiger partial charge in [-0.2, -0.15) is 8.42 Å². The normalized spacial score (nSPS) is 14.9. The molecule has 3 rings (SSSR count). The van der Waals surface area contributed by atoms with Crippen LogP contribution in [0.2, 0.25) is 5.02 Å². The number of fused-ring (bicyclic) bond motifs is 1. The standard InChI is InChI=1S/C17H18ClN3O4S/c1-20-14-5-3-4-6-15(14)21(26(20,23)24)10-9-19-17(22)13-11-12(18)7-8-16(13)25-2/h3-8,11H,9-10H2,1-2H3,(H,19,22). The summed E-state index contributed by atoms with van der Waals surface area (Å²) in [5, 5.41) is 3.12. The van der Waals surface area contributed by atoms with E-state index in [-0.39, 0.29) is 19.0 Å². The van der Waals surface area contributed by atoms with Crippen LogP contribution in [0.4, 0.5) is 11.4 Å². The molecule has 0 fully saturated rings. The van der Waals surface area contributed by atoms with E-state index >= 15 is 0 Å². The van der Waals surface area contributed by atoms with E-state index in [0.717, 1.165) is 0 Å². The zero-order valence-corrected chi connectivity index (χ0v) is 15.8. The highest BCUT2D eigenvalue weighted by Crippen LogP contribution is 2.39. The molecule has 0 saturated heterocycles. The van der Waals surface area contributed by atoms with Crippen LogP contribution in [0.1, 0.15) is 10.4 Å². The zero-order chi connectivity index (χ0) is 18.9. The van der Waals surface area contributed by atoms with Crippen LogP contribution in [0.25, 0.3) is 0 Å². The Morgan fingerprint density at radius 1 is 1.19 bits per heavy atom. The van der Waals surface area contributed by atoms with Gasteiger partial charge in [0.1, 0.15) is 5.75 Å². The molecule has 1 amide bonds. The average molecular weight is 396 g/mol. The van der Waals surface area contributed by atoms with Crippen LogP contribution in [-0.2, 0) is 10.2 Å². The highest BCUT2D eigenvalue weighted by Gasteiger charge is 2.37. The van der Waals surface area contributed by atoms with Gasteiger partial charge in [-0.05, 0) is 30.3 Å². The molecular formula is C17H18ClN3O4S. The lowest BCUT2D eigenvalue weighted by Crippen LogP contribution is -2.40. The molecule has 1 heterocycles. The molecule has 1 aliphatic heterocycles. The number of carbonyl (C=O) groups excluding carboxylic acids is 1. The number of hydrogen-bond acceptors (Lipinski definition) is 4. The minimum atomic E-state index is -3.64. The molecule has 2 aromatic carbocycles. The predicted octanol–water partition coefficient (Wildman–Crippen LogP) is 2.28. The number of nitrogens with one attached hydrogen (secondary N) is 1. The molecule has 0 saturated carbocycles. The number of ether oxygens (including phenoxy) is 1. The number of carbonyl (C=O) groups is 1. The molecule has 26 heavy (non-hydrogen) atoms. The van der Waals surface area contributed by atoms with Gasteiger partial charge in [0.25, 0.3) is 5.91 Å². The van der Waals surface area contributed by atoms with E-state index in [1.165, 1.54) is 28.8 Å². The summed E-state index contributed by atoms with van der Waals surface area (Å²) in [7, 11) is -0.672. The van der Waals surface area contributed by atoms with Gasteiger partial charge in [-0.1, -0.05) is 23.7 Å². The summed E-state index contributed by atoms with van der Waals surface area (Å²) >= 11 is 5.94. The molecule has 7 nitrogen and oxygen atoms in total. The van der Waals surface area contributed by atoms with Crippen molar-refractivity contribution in [2.45, 2.75) is 0 Å². The number of hydrogen-bond donors (Lipinski definition) is 1. The molecule has 138 valence electrons. The Morgan fingerprint density at radius 3 is 2.58 bits per heavy atom. The maximum absolute atomic E-state index is 12.5. The van der Waals surface area contributed by atoms with Crippen molar-refractivity contribution in [3.8, 4) is 5.75 Å². The van der Waals surface area contributed by atoms with Crippen LogP contribution in [0, 0.1) is 0 Å². The van der Waals surface area contributed by atoms with Crippen LogP contribution in [0.15, 0.2) is 42.5 Å². The Morgan fingerprint density at radius 2 is 1.88 bits per heavy atom. The van der Waals surface area contributed by atoms with E-state index in [1.807, 2.05) is 0 Å². The van der Waals surface area contributed by atoms with Crippen molar-refractivity contribution in [3.05, 3.63) is 53.1 Å². The first kappa shape index (κ1) is 18.3. The molecule has 0 aromatic heterocycles. The van der Waals surface area contributed by atoms with Crippen molar-refractivity contribution in [3.63, 3.8) is 0 Å². The fourth-order valence-corrected chi connectivity index (χ4v) is 4.39. The van der Waals surface area contributed by atoms with Gasteiger partial charge in [0, 0.05) is 18.6 Å². The average Bonchev–Trinajstić information content (AvgIpc) is 2.82. The highest BCUT2D eigenvalue weighted by molar-refractivity contribution is 7.94. The van der Waals surface area contributed by atoms with Gasteiger partial charge in [0.2, 0.25) is 0 Å². The Bertz CT molecular complexity index is 949. The van der Waals surface area contributed by atoms with Crippen molar-refractivity contribution in [2.24, 2.45) is 0 Å². The number of halogens is 1. The first-order valence-electron chi connectivity index (χ1n) is 7.83. The van der Waals surface area contributed by atoms with E-state index < -0.39 is 10.2 Å². The smallest absolute Gasteiger partial charge is 0.326 e. The molecule has 0 spiro atoms. The maximum atomic E-state index is 12.5. The molecular weight excluding hydrogens is 378 g/mol. The lowest BCUT2D eigenvalue weighted by atomic mass is 10.2. The largest absolute Gasteiger partial charge is 0.496 e. The van der Waals surface area contributed by atoms with Crippen molar-refractivity contribution in [2.75, 3.05) is 35.9 Å². The highest BCUT2D eigenvalue weighted by atomic mass is 35.5. The van der Waals surface area contributed by atoms with Crippen LogP contribution >= 0.6 is 11.6 Å². The third-order valence-electron chi connectivity index (χ3n) is 4.12. The summed E-state index contributed by atoms with van der Waals surface area (Å²) in [5.41, 5.74) is 1.49. The quantitative estimate of drug-likeness (QED) is 0.842. The monoisotopic (exact) mass is 395 g/mol. The third kappa shape index (κ3) is 3.17. The molecule has 9 heteroatoms. The van der Waals surface area contributed by atoms with E-state index in [4.69, 9.17) is 16.3 Å². The van der Waals surface area contributed by atoms with Gasteiger partial charge in [-0.25, -0.2) is 4.31 Å². The van der Waals surface area contributed by atoms with Crippen molar-refractivity contribution in [1.29, 1.82) is 0 Å². The minimum absolute atomic E-state index is 0.109. The van der Waals surface area contributed by atoms with Crippen molar-refractivity contribution >= 4 is 39.1 Å². The number of para-hydroxylation sites is 2. The number of benzene rings is 2. The van der Waals surface area contributed by atoms with E-state index in [0.29, 0.717) is 27.7 Å². The lowest BCUT2D eigenvalue weighted by Gasteiger charge is -2.19. The summed E-state index contributed by atoms with van der Waals surface area (Å²) in [6, 6.07) is 11.8. The molecule has 2 aromatic rings. The number of rotatable bonds is 5. The third-order valence-corrected chi connectivity index (χ3v) is 6.18. The second-order valence-electron chi connectivity index (χ2n) is 5.64. The van der Waals surface area contributed by atoms with E-state index in [9.17, 15) is 13.2 Å². The fraction of sp³-hybridized carbons (Fsp3) is 0.235. The Hall–Kier alpha value is -2.45. The predicted molar refractivity (Wildman–Crippen MR) is 101 cm³/mol. The Balaban J connectivity index is 1.72. The number of methoxy groups -OCH3 is 1. The molecule has 0 bridgehead atoms. The zero-order valence-electron chi connectivity index (χ0n) is 14.3. The Labute approximate surface area is 157 Å².